The molecule has 2 aromatic rings. The molecule has 1 saturated heterocycles. The van der Waals surface area contributed by atoms with Gasteiger partial charge in [0.1, 0.15) is 17.1 Å². The second-order valence-corrected chi connectivity index (χ2v) is 5.77. The van der Waals surface area contributed by atoms with Crippen LogP contribution in [0.4, 0.5) is 10.5 Å². The number of rotatable bonds is 5. The summed E-state index contributed by atoms with van der Waals surface area (Å²) in [6.45, 7) is -0.377. The minimum absolute atomic E-state index is 0.0408. The second-order valence-electron chi connectivity index (χ2n) is 5.77. The molecule has 0 saturated carbocycles. The minimum Gasteiger partial charge on any atom is -0.508 e. The maximum Gasteiger partial charge on any atom is 0.335 e. The van der Waals surface area contributed by atoms with Crippen LogP contribution >= 0.6 is 0 Å². The average Bonchev–Trinajstić information content (AvgIpc) is 2.65. The number of anilines is 1. The van der Waals surface area contributed by atoms with Gasteiger partial charge in [0.05, 0.1) is 5.69 Å². The van der Waals surface area contributed by atoms with Crippen LogP contribution in [0.2, 0.25) is 0 Å². The number of nitrogens with two attached hydrogens (primary N) is 1. The summed E-state index contributed by atoms with van der Waals surface area (Å²) >= 11 is 0. The summed E-state index contributed by atoms with van der Waals surface area (Å²) in [5, 5.41) is 11.5. The van der Waals surface area contributed by atoms with Gasteiger partial charge in [-0.05, 0) is 36.4 Å². The second kappa shape index (κ2) is 7.62. The zero-order valence-electron chi connectivity index (χ0n) is 14.4. The highest BCUT2D eigenvalue weighted by atomic mass is 16.5. The SMILES string of the molecule is NC(=O)COc1ccccc1C=C1C(=O)NC(=O)N(c2ccc(O)cc2)C1=O. The van der Waals surface area contributed by atoms with Crippen molar-refractivity contribution in [3.8, 4) is 11.5 Å². The Bertz CT molecular complexity index is 997. The highest BCUT2D eigenvalue weighted by Gasteiger charge is 2.36. The Balaban J connectivity index is 1.98. The first-order valence-electron chi connectivity index (χ1n) is 8.07. The number of hydrogen-bond donors (Lipinski definition) is 3. The quantitative estimate of drug-likeness (QED) is 0.520. The van der Waals surface area contributed by atoms with Crippen LogP contribution in [0.5, 0.6) is 11.5 Å². The molecule has 3 rings (SSSR count). The first kappa shape index (κ1) is 18.6. The van der Waals surface area contributed by atoms with Crippen LogP contribution in [0, 0.1) is 0 Å². The third-order valence-corrected chi connectivity index (χ3v) is 3.80. The monoisotopic (exact) mass is 381 g/mol. The van der Waals surface area contributed by atoms with Gasteiger partial charge in [-0.1, -0.05) is 18.2 Å². The number of nitrogens with one attached hydrogen (secondary N) is 1. The Hall–Kier alpha value is -4.14. The van der Waals surface area contributed by atoms with E-state index in [-0.39, 0.29) is 29.4 Å². The van der Waals surface area contributed by atoms with Crippen molar-refractivity contribution in [3.63, 3.8) is 0 Å². The molecule has 0 aromatic heterocycles. The Morgan fingerprint density at radius 1 is 1.11 bits per heavy atom. The molecular weight excluding hydrogens is 366 g/mol. The Labute approximate surface area is 159 Å². The van der Waals surface area contributed by atoms with Crippen LogP contribution < -0.4 is 20.7 Å². The highest BCUT2D eigenvalue weighted by molar-refractivity contribution is 6.39. The van der Waals surface area contributed by atoms with Gasteiger partial charge in [0.2, 0.25) is 0 Å². The average molecular weight is 381 g/mol. The molecule has 2 aromatic carbocycles. The van der Waals surface area contributed by atoms with Gasteiger partial charge in [-0.15, -0.1) is 0 Å². The van der Waals surface area contributed by atoms with Gasteiger partial charge in [-0.3, -0.25) is 19.7 Å². The lowest BCUT2D eigenvalue weighted by molar-refractivity contribution is -0.123. The number of phenols is 1. The fourth-order valence-corrected chi connectivity index (χ4v) is 2.53. The Morgan fingerprint density at radius 2 is 1.79 bits per heavy atom. The van der Waals surface area contributed by atoms with E-state index < -0.39 is 23.8 Å². The number of carbonyl (C=O) groups is 4. The van der Waals surface area contributed by atoms with Crippen LogP contribution in [0.15, 0.2) is 54.1 Å². The molecule has 0 spiro atoms. The first-order chi connectivity index (χ1) is 13.4. The minimum atomic E-state index is -0.906. The van der Waals surface area contributed by atoms with Gasteiger partial charge >= 0.3 is 6.03 Å². The van der Waals surface area contributed by atoms with Crippen LogP contribution in [0.25, 0.3) is 6.08 Å². The van der Waals surface area contributed by atoms with Crippen molar-refractivity contribution in [2.45, 2.75) is 0 Å². The highest BCUT2D eigenvalue weighted by Crippen LogP contribution is 2.26. The summed E-state index contributed by atoms with van der Waals surface area (Å²) in [7, 11) is 0. The maximum atomic E-state index is 12.8. The zero-order chi connectivity index (χ0) is 20.3. The molecule has 28 heavy (non-hydrogen) atoms. The first-order valence-corrected chi connectivity index (χ1v) is 8.07. The van der Waals surface area contributed by atoms with Gasteiger partial charge in [0.25, 0.3) is 17.7 Å². The van der Waals surface area contributed by atoms with Crippen molar-refractivity contribution in [1.29, 1.82) is 0 Å². The fourth-order valence-electron chi connectivity index (χ4n) is 2.53. The molecule has 1 heterocycles. The predicted octanol–water partition coefficient (Wildman–Crippen LogP) is 0.923. The number of carbonyl (C=O) groups excluding carboxylic acids is 4. The van der Waals surface area contributed by atoms with Crippen molar-refractivity contribution in [2.75, 3.05) is 11.5 Å². The number of nitrogens with zero attached hydrogens (tertiary/aromatic N) is 1. The van der Waals surface area contributed by atoms with Gasteiger partial charge in [-0.25, -0.2) is 9.69 Å². The molecule has 0 aliphatic carbocycles. The van der Waals surface area contributed by atoms with E-state index in [1.54, 1.807) is 24.3 Å². The Kier molecular flexibility index (Phi) is 5.07. The lowest BCUT2D eigenvalue weighted by atomic mass is 10.1. The van der Waals surface area contributed by atoms with Crippen LogP contribution in [-0.4, -0.2) is 35.5 Å². The molecule has 5 amide bonds. The predicted molar refractivity (Wildman–Crippen MR) is 98.2 cm³/mol. The van der Waals surface area contributed by atoms with E-state index in [2.05, 4.69) is 5.32 Å². The molecule has 0 atom stereocenters. The van der Waals surface area contributed by atoms with Crippen molar-refractivity contribution in [1.82, 2.24) is 5.32 Å². The van der Waals surface area contributed by atoms with Crippen molar-refractivity contribution < 1.29 is 29.0 Å². The van der Waals surface area contributed by atoms with Crippen LogP contribution in [0.1, 0.15) is 5.56 Å². The Morgan fingerprint density at radius 3 is 2.46 bits per heavy atom. The number of primary amides is 1. The summed E-state index contributed by atoms with van der Waals surface area (Å²) < 4.78 is 5.29. The van der Waals surface area contributed by atoms with Gasteiger partial charge in [-0.2, -0.15) is 0 Å². The van der Waals surface area contributed by atoms with Gasteiger partial charge < -0.3 is 15.6 Å². The number of amides is 5. The van der Waals surface area contributed by atoms with Crippen molar-refractivity contribution in [3.05, 3.63) is 59.7 Å². The van der Waals surface area contributed by atoms with E-state index in [9.17, 15) is 24.3 Å². The van der Waals surface area contributed by atoms with E-state index in [1.807, 2.05) is 0 Å². The maximum absolute atomic E-state index is 12.8. The molecule has 1 fully saturated rings. The van der Waals surface area contributed by atoms with Crippen molar-refractivity contribution in [2.24, 2.45) is 5.73 Å². The number of benzene rings is 2. The largest absolute Gasteiger partial charge is 0.508 e. The molecule has 1 aliphatic rings. The van der Waals surface area contributed by atoms with E-state index in [1.165, 1.54) is 30.3 Å². The number of phenolic OH excluding ortho intramolecular Hbond substituents is 1. The molecular formula is C19H15N3O6. The molecule has 142 valence electrons. The van der Waals surface area contributed by atoms with E-state index in [0.29, 0.717) is 5.56 Å². The molecule has 9 heteroatoms. The van der Waals surface area contributed by atoms with Gasteiger partial charge in [0.15, 0.2) is 6.61 Å². The third-order valence-electron chi connectivity index (χ3n) is 3.80. The summed E-state index contributed by atoms with van der Waals surface area (Å²) in [4.78, 5) is 48.9. The fraction of sp³-hybridized carbons (Fsp3) is 0.0526. The molecule has 0 unspecified atom stereocenters. The number of para-hydroxylation sites is 1. The topological polar surface area (TPSA) is 139 Å². The van der Waals surface area contributed by atoms with Crippen LogP contribution in [0.3, 0.4) is 0 Å². The summed E-state index contributed by atoms with van der Waals surface area (Å²) in [6, 6.07) is 10.9. The molecule has 0 bridgehead atoms. The zero-order valence-corrected chi connectivity index (χ0v) is 14.4. The van der Waals surface area contributed by atoms with E-state index >= 15 is 0 Å². The lowest BCUT2D eigenvalue weighted by Crippen LogP contribution is -2.54. The van der Waals surface area contributed by atoms with E-state index in [4.69, 9.17) is 10.5 Å². The number of ether oxygens (including phenoxy) is 1. The summed E-state index contributed by atoms with van der Waals surface area (Å²) in [5.74, 6) is -2.19. The molecule has 4 N–H and O–H groups in total. The van der Waals surface area contributed by atoms with Gasteiger partial charge in [0, 0.05) is 5.56 Å². The van der Waals surface area contributed by atoms with Crippen LogP contribution in [-0.2, 0) is 14.4 Å². The number of imide groups is 2. The summed E-state index contributed by atoms with van der Waals surface area (Å²) in [5.41, 5.74) is 5.29. The summed E-state index contributed by atoms with van der Waals surface area (Å²) in [6.07, 6.45) is 1.26. The van der Waals surface area contributed by atoms with E-state index in [0.717, 1.165) is 4.90 Å². The molecule has 0 radical (unpaired) electrons. The smallest absolute Gasteiger partial charge is 0.335 e. The number of hydrogen-bond acceptors (Lipinski definition) is 6. The standard InChI is InChI=1S/C19H15N3O6/c20-16(24)10-28-15-4-2-1-3-11(15)9-14-17(25)21-19(27)22(18(14)26)12-5-7-13(23)8-6-12/h1-9,23H,10H2,(H2,20,24)(H,21,25,27). The van der Waals surface area contributed by atoms with Crippen molar-refractivity contribution >= 4 is 35.5 Å². The number of aromatic hydroxyl groups is 1. The normalized spacial score (nSPS) is 15.5. The molecule has 9 nitrogen and oxygen atoms in total. The number of urea groups is 1. The lowest BCUT2D eigenvalue weighted by Gasteiger charge is -2.26. The third kappa shape index (κ3) is 3.83. The number of barbiturate groups is 1. The molecule has 1 aliphatic heterocycles.